The van der Waals surface area contributed by atoms with E-state index in [-0.39, 0.29) is 6.54 Å². The third-order valence-corrected chi connectivity index (χ3v) is 2.74. The fourth-order valence-electron chi connectivity index (χ4n) is 1.37. The smallest absolute Gasteiger partial charge is 0.396 e. The number of ether oxygens (including phenoxy) is 2. The Morgan fingerprint density at radius 2 is 2.28 bits per heavy atom. The summed E-state index contributed by atoms with van der Waals surface area (Å²) in [6, 6.07) is 5.40. The van der Waals surface area contributed by atoms with Crippen LogP contribution in [0.1, 0.15) is 12.5 Å². The van der Waals surface area contributed by atoms with Gasteiger partial charge in [0.2, 0.25) is 0 Å². The average molecular weight is 316 g/mol. The second-order valence-corrected chi connectivity index (χ2v) is 4.24. The van der Waals surface area contributed by atoms with Crippen molar-refractivity contribution < 1.29 is 19.0 Å². The second-order valence-electron chi connectivity index (χ2n) is 3.39. The molecule has 0 radical (unpaired) electrons. The van der Waals surface area contributed by atoms with E-state index in [1.165, 1.54) is 7.11 Å². The van der Waals surface area contributed by atoms with Crippen LogP contribution < -0.4 is 4.74 Å². The molecule has 0 aliphatic heterocycles. The first-order valence-electron chi connectivity index (χ1n) is 5.35. The summed E-state index contributed by atoms with van der Waals surface area (Å²) in [5, 5.41) is 11.5. The predicted octanol–water partition coefficient (Wildman–Crippen LogP) is 2.10. The molecule has 6 heteroatoms. The van der Waals surface area contributed by atoms with Crippen molar-refractivity contribution >= 4 is 28.1 Å². The Morgan fingerprint density at radius 3 is 2.89 bits per heavy atom. The highest BCUT2D eigenvalue weighted by Gasteiger charge is 2.11. The molecule has 0 saturated carbocycles. The van der Waals surface area contributed by atoms with Crippen molar-refractivity contribution in [3.8, 4) is 5.75 Å². The standard InChI is InChI=1S/C12H14BrNO4/c1-3-18-12-9(5-4-6-10(12)13)7-14(16)8-11(15)17-2/h4-6,8H,3,7H2,1-2H3/b14-8-. The summed E-state index contributed by atoms with van der Waals surface area (Å²) in [5.74, 6) is -0.0722. The Morgan fingerprint density at radius 1 is 1.56 bits per heavy atom. The first kappa shape index (κ1) is 14.5. The van der Waals surface area contributed by atoms with Gasteiger partial charge >= 0.3 is 5.97 Å². The molecule has 5 nitrogen and oxygen atoms in total. The van der Waals surface area contributed by atoms with Crippen LogP contribution in [0.25, 0.3) is 0 Å². The molecule has 0 spiro atoms. The maximum Gasteiger partial charge on any atom is 0.396 e. The van der Waals surface area contributed by atoms with Crippen LogP contribution in [0, 0.1) is 5.21 Å². The van der Waals surface area contributed by atoms with Gasteiger partial charge in [0.25, 0.3) is 6.21 Å². The van der Waals surface area contributed by atoms with Crippen LogP contribution in [-0.4, -0.2) is 30.6 Å². The number of para-hydroxylation sites is 1. The summed E-state index contributed by atoms with van der Waals surface area (Å²) in [6.45, 7) is 2.37. The second kappa shape index (κ2) is 7.00. The van der Waals surface area contributed by atoms with Gasteiger partial charge in [-0.15, -0.1) is 0 Å². The highest BCUT2D eigenvalue weighted by atomic mass is 79.9. The van der Waals surface area contributed by atoms with Crippen LogP contribution >= 0.6 is 15.9 Å². The van der Waals surface area contributed by atoms with Crippen molar-refractivity contribution in [2.24, 2.45) is 0 Å². The van der Waals surface area contributed by atoms with Crippen molar-refractivity contribution in [1.29, 1.82) is 0 Å². The number of methoxy groups -OCH3 is 1. The summed E-state index contributed by atoms with van der Waals surface area (Å²) in [7, 11) is 1.22. The van der Waals surface area contributed by atoms with Crippen molar-refractivity contribution in [2.45, 2.75) is 13.5 Å². The molecule has 0 aromatic heterocycles. The first-order chi connectivity index (χ1) is 8.58. The summed E-state index contributed by atoms with van der Waals surface area (Å²) in [4.78, 5) is 10.9. The maximum absolute atomic E-state index is 11.5. The quantitative estimate of drug-likeness (QED) is 0.274. The molecule has 0 atom stereocenters. The normalized spacial score (nSPS) is 11.2. The van der Waals surface area contributed by atoms with Gasteiger partial charge in [-0.25, -0.2) is 9.53 Å². The van der Waals surface area contributed by atoms with E-state index in [4.69, 9.17) is 4.74 Å². The van der Waals surface area contributed by atoms with Gasteiger partial charge in [-0.1, -0.05) is 6.07 Å². The third-order valence-electron chi connectivity index (χ3n) is 2.11. The monoisotopic (exact) mass is 315 g/mol. The van der Waals surface area contributed by atoms with Crippen LogP contribution in [0.5, 0.6) is 5.75 Å². The molecule has 0 amide bonds. The van der Waals surface area contributed by atoms with Crippen LogP contribution in [0.3, 0.4) is 0 Å². The molecule has 0 saturated heterocycles. The molecule has 0 aliphatic rings. The first-order valence-corrected chi connectivity index (χ1v) is 6.14. The van der Waals surface area contributed by atoms with E-state index in [1.807, 2.05) is 13.0 Å². The number of benzene rings is 1. The molecule has 1 rings (SSSR count). The number of rotatable bonds is 5. The van der Waals surface area contributed by atoms with Gasteiger partial charge in [-0.3, -0.25) is 0 Å². The lowest BCUT2D eigenvalue weighted by atomic mass is 10.2. The lowest BCUT2D eigenvalue weighted by molar-refractivity contribution is -0.469. The number of hydroxylamine groups is 1. The third kappa shape index (κ3) is 4.03. The molecule has 18 heavy (non-hydrogen) atoms. The van der Waals surface area contributed by atoms with E-state index in [0.717, 1.165) is 10.7 Å². The highest BCUT2D eigenvalue weighted by molar-refractivity contribution is 9.10. The average Bonchev–Trinajstić information content (AvgIpc) is 2.33. The van der Waals surface area contributed by atoms with Gasteiger partial charge in [0.15, 0.2) is 6.54 Å². The topological polar surface area (TPSA) is 61.6 Å². The minimum absolute atomic E-state index is 0.0177. The Hall–Kier alpha value is -1.56. The Balaban J connectivity index is 2.93. The summed E-state index contributed by atoms with van der Waals surface area (Å²) in [6.07, 6.45) is 0.858. The molecule has 0 unspecified atom stereocenters. The predicted molar refractivity (Wildman–Crippen MR) is 70.7 cm³/mol. The largest absolute Gasteiger partial charge is 0.623 e. The van der Waals surface area contributed by atoms with Crippen molar-refractivity contribution in [2.75, 3.05) is 13.7 Å². The van der Waals surface area contributed by atoms with Crippen LogP contribution in [0.15, 0.2) is 22.7 Å². The minimum atomic E-state index is -0.682. The number of carbonyl (C=O) groups excluding carboxylic acids is 1. The molecular formula is C12H14BrNO4. The van der Waals surface area contributed by atoms with Gasteiger partial charge in [-0.2, -0.15) is 0 Å². The van der Waals surface area contributed by atoms with E-state index >= 15 is 0 Å². The fraction of sp³-hybridized carbons (Fsp3) is 0.333. The van der Waals surface area contributed by atoms with Gasteiger partial charge < -0.3 is 14.7 Å². The molecule has 98 valence electrons. The van der Waals surface area contributed by atoms with E-state index in [0.29, 0.717) is 22.7 Å². The van der Waals surface area contributed by atoms with Crippen LogP contribution in [0.2, 0.25) is 0 Å². The SMILES string of the molecule is CCOc1c(Br)cccc1C/[N+]([O-])=C/C(=O)OC. The Bertz CT molecular complexity index is 459. The zero-order chi connectivity index (χ0) is 13.5. The summed E-state index contributed by atoms with van der Waals surface area (Å²) >= 11 is 3.36. The molecule has 0 N–H and O–H groups in total. The van der Waals surface area contributed by atoms with Crippen molar-refractivity contribution in [3.63, 3.8) is 0 Å². The molecule has 0 aliphatic carbocycles. The number of hydrogen-bond acceptors (Lipinski definition) is 4. The van der Waals surface area contributed by atoms with E-state index in [1.54, 1.807) is 12.1 Å². The van der Waals surface area contributed by atoms with Crippen LogP contribution in [0.4, 0.5) is 0 Å². The Labute approximate surface area is 114 Å². The Kier molecular flexibility index (Phi) is 5.64. The van der Waals surface area contributed by atoms with E-state index in [2.05, 4.69) is 20.7 Å². The molecule has 0 fully saturated rings. The van der Waals surface area contributed by atoms with Gasteiger partial charge in [0.05, 0.1) is 23.8 Å². The molecule has 0 bridgehead atoms. The van der Waals surface area contributed by atoms with Gasteiger partial charge in [0.1, 0.15) is 5.75 Å². The van der Waals surface area contributed by atoms with Gasteiger partial charge in [-0.05, 0) is 35.0 Å². The number of esters is 1. The molecule has 1 aromatic carbocycles. The number of carbonyl (C=O) groups is 1. The minimum Gasteiger partial charge on any atom is -0.623 e. The fourth-order valence-corrected chi connectivity index (χ4v) is 1.89. The number of halogens is 1. The lowest BCUT2D eigenvalue weighted by Gasteiger charge is -2.11. The zero-order valence-electron chi connectivity index (χ0n) is 10.2. The number of nitrogens with zero attached hydrogens (tertiary/aromatic N) is 1. The maximum atomic E-state index is 11.5. The summed E-state index contributed by atoms with van der Waals surface area (Å²) in [5.41, 5.74) is 0.696. The van der Waals surface area contributed by atoms with Crippen molar-refractivity contribution in [3.05, 3.63) is 33.4 Å². The molecule has 0 heterocycles. The van der Waals surface area contributed by atoms with E-state index < -0.39 is 5.97 Å². The highest BCUT2D eigenvalue weighted by Crippen LogP contribution is 2.29. The summed E-state index contributed by atoms with van der Waals surface area (Å²) < 4.78 is 11.1. The zero-order valence-corrected chi connectivity index (χ0v) is 11.8. The molecular weight excluding hydrogens is 302 g/mol. The van der Waals surface area contributed by atoms with Crippen LogP contribution in [-0.2, 0) is 16.1 Å². The van der Waals surface area contributed by atoms with E-state index in [9.17, 15) is 10.0 Å². The lowest BCUT2D eigenvalue weighted by Crippen LogP contribution is -2.14. The number of hydrogen-bond donors (Lipinski definition) is 0. The molecule has 1 aromatic rings. The van der Waals surface area contributed by atoms with Gasteiger partial charge in [0, 0.05) is 0 Å². The van der Waals surface area contributed by atoms with Crippen molar-refractivity contribution in [1.82, 2.24) is 0 Å².